The van der Waals surface area contributed by atoms with Crippen LogP contribution in [-0.4, -0.2) is 38.2 Å². The molecule has 140 valence electrons. The van der Waals surface area contributed by atoms with Crippen molar-refractivity contribution in [3.8, 4) is 0 Å². The minimum atomic E-state index is -0.659. The molecule has 0 saturated heterocycles. The summed E-state index contributed by atoms with van der Waals surface area (Å²) < 4.78 is 9.35. The number of quaternary nitrogens is 1. The molecule has 2 aliphatic rings. The van der Waals surface area contributed by atoms with E-state index in [-0.39, 0.29) is 5.57 Å². The molecule has 0 aromatic heterocycles. The van der Waals surface area contributed by atoms with Crippen molar-refractivity contribution in [3.05, 3.63) is 23.9 Å². The third-order valence-corrected chi connectivity index (χ3v) is 5.52. The fourth-order valence-electron chi connectivity index (χ4n) is 4.17. The molecule has 2 aliphatic carbocycles. The predicted octanol–water partition coefficient (Wildman–Crippen LogP) is 2.32. The van der Waals surface area contributed by atoms with Crippen molar-refractivity contribution in [1.82, 2.24) is 0 Å². The molecule has 0 heterocycles. The summed E-state index contributed by atoms with van der Waals surface area (Å²) in [6.45, 7) is 0. The fraction of sp³-hybridized carbons (Fsp3) is 0.700. The fourth-order valence-corrected chi connectivity index (χ4v) is 4.17. The first-order valence-corrected chi connectivity index (χ1v) is 9.59. The largest absolute Gasteiger partial charge is 0.465 e. The van der Waals surface area contributed by atoms with Gasteiger partial charge < -0.3 is 14.4 Å². The summed E-state index contributed by atoms with van der Waals surface area (Å²) in [7, 11) is 2.54. The summed E-state index contributed by atoms with van der Waals surface area (Å²) in [5.74, 6) is -1.32. The van der Waals surface area contributed by atoms with E-state index in [0.29, 0.717) is 12.1 Å². The smallest absolute Gasteiger partial charge is 0.345 e. The zero-order chi connectivity index (χ0) is 18.1. The molecule has 2 fully saturated rings. The van der Waals surface area contributed by atoms with Crippen molar-refractivity contribution in [3.63, 3.8) is 0 Å². The lowest BCUT2D eigenvalue weighted by molar-refractivity contribution is -0.903. The first-order valence-electron chi connectivity index (χ1n) is 9.59. The van der Waals surface area contributed by atoms with E-state index in [9.17, 15) is 9.59 Å². The highest BCUT2D eigenvalue weighted by Gasteiger charge is 2.30. The maximum atomic E-state index is 11.8. The molecule has 5 nitrogen and oxygen atoms in total. The van der Waals surface area contributed by atoms with E-state index in [1.54, 1.807) is 0 Å². The van der Waals surface area contributed by atoms with Gasteiger partial charge in [-0.15, -0.1) is 0 Å². The van der Waals surface area contributed by atoms with Gasteiger partial charge in [0.15, 0.2) is 0 Å². The SMILES string of the molecule is COC(=O)C(=C/C=C/[NH+](C1CCCCC1)C1CCCCC1)C(=O)OC. The molecule has 0 spiro atoms. The van der Waals surface area contributed by atoms with Crippen molar-refractivity contribution in [2.75, 3.05) is 14.2 Å². The van der Waals surface area contributed by atoms with Gasteiger partial charge in [-0.25, -0.2) is 9.59 Å². The van der Waals surface area contributed by atoms with Crippen LogP contribution in [0.1, 0.15) is 64.2 Å². The van der Waals surface area contributed by atoms with Gasteiger partial charge in [-0.05, 0) is 63.5 Å². The third-order valence-electron chi connectivity index (χ3n) is 5.52. The molecule has 25 heavy (non-hydrogen) atoms. The molecule has 2 rings (SSSR count). The second kappa shape index (κ2) is 10.4. The average molecular weight is 350 g/mol. The van der Waals surface area contributed by atoms with Crippen LogP contribution < -0.4 is 4.90 Å². The van der Waals surface area contributed by atoms with Gasteiger partial charge in [-0.2, -0.15) is 0 Å². The molecular weight excluding hydrogens is 318 g/mol. The molecule has 0 amide bonds. The van der Waals surface area contributed by atoms with Crippen molar-refractivity contribution in [2.24, 2.45) is 0 Å². The van der Waals surface area contributed by atoms with Gasteiger partial charge in [0.1, 0.15) is 5.57 Å². The summed E-state index contributed by atoms with van der Waals surface area (Å²) in [5, 5.41) is 0. The summed E-state index contributed by atoms with van der Waals surface area (Å²) in [6.07, 6.45) is 18.5. The Morgan fingerprint density at radius 2 is 1.24 bits per heavy atom. The van der Waals surface area contributed by atoms with Gasteiger partial charge in [-0.3, -0.25) is 0 Å². The minimum Gasteiger partial charge on any atom is -0.465 e. The first-order chi connectivity index (χ1) is 12.2. The topological polar surface area (TPSA) is 57.0 Å². The Morgan fingerprint density at radius 3 is 1.64 bits per heavy atom. The van der Waals surface area contributed by atoms with Crippen molar-refractivity contribution in [1.29, 1.82) is 0 Å². The maximum absolute atomic E-state index is 11.8. The Morgan fingerprint density at radius 1 is 0.800 bits per heavy atom. The molecular formula is C20H32NO4+. The van der Waals surface area contributed by atoms with Crippen LogP contribution in [0.25, 0.3) is 0 Å². The molecule has 0 atom stereocenters. The number of nitrogens with one attached hydrogen (secondary N) is 1. The summed E-state index contributed by atoms with van der Waals surface area (Å²) >= 11 is 0. The highest BCUT2D eigenvalue weighted by molar-refractivity contribution is 6.14. The number of hydrogen-bond acceptors (Lipinski definition) is 4. The lowest BCUT2D eigenvalue weighted by atomic mass is 9.89. The van der Waals surface area contributed by atoms with Crippen LogP contribution in [0.5, 0.6) is 0 Å². The molecule has 0 aromatic carbocycles. The van der Waals surface area contributed by atoms with Crippen LogP contribution in [0.2, 0.25) is 0 Å². The zero-order valence-corrected chi connectivity index (χ0v) is 15.6. The lowest BCUT2D eigenvalue weighted by Crippen LogP contribution is -3.15. The van der Waals surface area contributed by atoms with Crippen molar-refractivity contribution in [2.45, 2.75) is 76.3 Å². The molecule has 1 N–H and O–H groups in total. The van der Waals surface area contributed by atoms with Gasteiger partial charge in [0.2, 0.25) is 0 Å². The minimum absolute atomic E-state index is 0.0621. The van der Waals surface area contributed by atoms with E-state index < -0.39 is 11.9 Å². The molecule has 0 bridgehead atoms. The Kier molecular flexibility index (Phi) is 8.19. The normalized spacial score (nSPS) is 19.8. The Balaban J connectivity index is 2.15. The molecule has 0 aliphatic heterocycles. The van der Waals surface area contributed by atoms with Crippen molar-refractivity contribution >= 4 is 11.9 Å². The number of rotatable bonds is 6. The monoisotopic (exact) mass is 350 g/mol. The van der Waals surface area contributed by atoms with Crippen LogP contribution in [0.15, 0.2) is 23.9 Å². The van der Waals surface area contributed by atoms with Crippen LogP contribution >= 0.6 is 0 Å². The zero-order valence-electron chi connectivity index (χ0n) is 15.6. The van der Waals surface area contributed by atoms with E-state index in [0.717, 1.165) is 0 Å². The van der Waals surface area contributed by atoms with Crippen LogP contribution in [0.3, 0.4) is 0 Å². The predicted molar refractivity (Wildman–Crippen MR) is 96.0 cm³/mol. The number of esters is 2. The molecule has 2 saturated carbocycles. The first kappa shape index (κ1) is 19.7. The summed E-state index contributed by atoms with van der Waals surface area (Å²) in [6, 6.07) is 1.31. The number of carbonyl (C=O) groups is 2. The Labute approximate surface area is 151 Å². The second-order valence-corrected chi connectivity index (χ2v) is 7.09. The van der Waals surface area contributed by atoms with E-state index in [1.165, 1.54) is 89.4 Å². The van der Waals surface area contributed by atoms with Gasteiger partial charge in [-0.1, -0.05) is 12.8 Å². The van der Waals surface area contributed by atoms with Gasteiger partial charge >= 0.3 is 11.9 Å². The highest BCUT2D eigenvalue weighted by Crippen LogP contribution is 2.20. The lowest BCUT2D eigenvalue weighted by Gasteiger charge is -2.36. The number of hydrogen-bond donors (Lipinski definition) is 1. The Hall–Kier alpha value is -1.62. The molecule has 0 radical (unpaired) electrons. The van der Waals surface area contributed by atoms with E-state index >= 15 is 0 Å². The van der Waals surface area contributed by atoms with E-state index in [2.05, 4.69) is 15.7 Å². The van der Waals surface area contributed by atoms with Crippen LogP contribution in [-0.2, 0) is 19.1 Å². The average Bonchev–Trinajstić information content (AvgIpc) is 2.68. The molecule has 0 unspecified atom stereocenters. The Bertz CT molecular complexity index is 464. The summed E-state index contributed by atoms with van der Waals surface area (Å²) in [4.78, 5) is 25.0. The van der Waals surface area contributed by atoms with Crippen molar-refractivity contribution < 1.29 is 24.0 Å². The number of methoxy groups -OCH3 is 2. The van der Waals surface area contributed by atoms with Gasteiger partial charge in [0.05, 0.1) is 32.5 Å². The highest BCUT2D eigenvalue weighted by atomic mass is 16.5. The van der Waals surface area contributed by atoms with Gasteiger partial charge in [0.25, 0.3) is 0 Å². The van der Waals surface area contributed by atoms with E-state index in [4.69, 9.17) is 0 Å². The number of allylic oxidation sites excluding steroid dienone is 2. The summed E-state index contributed by atoms with van der Waals surface area (Å²) in [5.41, 5.74) is -0.0621. The van der Waals surface area contributed by atoms with Gasteiger partial charge in [0, 0.05) is 0 Å². The third kappa shape index (κ3) is 5.70. The number of ether oxygens (including phenoxy) is 2. The number of carbonyl (C=O) groups excluding carboxylic acids is 2. The molecule has 0 aromatic rings. The molecule has 5 heteroatoms. The van der Waals surface area contributed by atoms with Crippen LogP contribution in [0, 0.1) is 0 Å². The standard InChI is InChI=1S/C20H31NO4/c1-24-19(22)18(20(23)25-2)14-9-15-21(16-10-5-3-6-11-16)17-12-7-4-8-13-17/h9,14-17H,3-8,10-13H2,1-2H3/p+1/b15-9+. The second-order valence-electron chi connectivity index (χ2n) is 7.09. The maximum Gasteiger partial charge on any atom is 0.345 e. The van der Waals surface area contributed by atoms with Crippen LogP contribution in [0.4, 0.5) is 0 Å². The quantitative estimate of drug-likeness (QED) is 0.263. The van der Waals surface area contributed by atoms with E-state index in [1.807, 2.05) is 6.08 Å².